The van der Waals surface area contributed by atoms with Crippen LogP contribution in [0.2, 0.25) is 0 Å². The zero-order valence-electron chi connectivity index (χ0n) is 9.30. The summed E-state index contributed by atoms with van der Waals surface area (Å²) in [6, 6.07) is 8.73. The van der Waals surface area contributed by atoms with Crippen LogP contribution in [0.25, 0.3) is 0 Å². The average molecular weight is 235 g/mol. The molecule has 1 fully saturated rings. The first-order valence-electron chi connectivity index (χ1n) is 5.95. The molecule has 2 unspecified atom stereocenters. The van der Waals surface area contributed by atoms with Gasteiger partial charge in [0.2, 0.25) is 0 Å². The van der Waals surface area contributed by atoms with Gasteiger partial charge >= 0.3 is 0 Å². The number of rotatable bonds is 2. The number of benzene rings is 1. The summed E-state index contributed by atoms with van der Waals surface area (Å²) in [4.78, 5) is 3.85. The van der Waals surface area contributed by atoms with Crippen molar-refractivity contribution in [2.24, 2.45) is 0 Å². The van der Waals surface area contributed by atoms with Gasteiger partial charge < -0.3 is 10.0 Å². The molecular formula is C13H17NOS. The molecule has 0 radical (unpaired) electrons. The van der Waals surface area contributed by atoms with Crippen molar-refractivity contribution in [2.75, 3.05) is 25.4 Å². The summed E-state index contributed by atoms with van der Waals surface area (Å²) in [5, 5.41) is 9.52. The second-order valence-corrected chi connectivity index (χ2v) is 5.81. The lowest BCUT2D eigenvalue weighted by atomic mass is 10.0. The van der Waals surface area contributed by atoms with Gasteiger partial charge in [0.25, 0.3) is 0 Å². The maximum atomic E-state index is 9.52. The molecule has 0 amide bonds. The lowest BCUT2D eigenvalue weighted by molar-refractivity contribution is 0.175. The molecule has 1 saturated heterocycles. The van der Waals surface area contributed by atoms with Gasteiger partial charge in [-0.1, -0.05) is 18.2 Å². The molecule has 2 atom stereocenters. The van der Waals surface area contributed by atoms with E-state index in [1.165, 1.54) is 16.2 Å². The van der Waals surface area contributed by atoms with Crippen LogP contribution in [-0.4, -0.2) is 41.5 Å². The van der Waals surface area contributed by atoms with Crippen molar-refractivity contribution in [3.8, 4) is 0 Å². The highest BCUT2D eigenvalue weighted by atomic mass is 32.2. The Bertz CT molecular complexity index is 382. The summed E-state index contributed by atoms with van der Waals surface area (Å²) in [5.74, 6) is 1.86. The minimum absolute atomic E-state index is 0.0932. The Hall–Kier alpha value is -0.510. The van der Waals surface area contributed by atoms with Gasteiger partial charge in [0, 0.05) is 36.2 Å². The van der Waals surface area contributed by atoms with Gasteiger partial charge in [0.05, 0.1) is 6.10 Å². The van der Waals surface area contributed by atoms with Crippen molar-refractivity contribution in [1.29, 1.82) is 0 Å². The molecule has 3 rings (SSSR count). The number of aliphatic hydroxyl groups is 1. The summed E-state index contributed by atoms with van der Waals surface area (Å²) >= 11 is 1.97. The number of hydrogen-bond acceptors (Lipinski definition) is 3. The van der Waals surface area contributed by atoms with Crippen molar-refractivity contribution in [2.45, 2.75) is 23.3 Å². The molecule has 2 aliphatic heterocycles. The molecule has 0 spiro atoms. The van der Waals surface area contributed by atoms with E-state index in [1.807, 2.05) is 11.8 Å². The van der Waals surface area contributed by atoms with Crippen LogP contribution in [0.4, 0.5) is 0 Å². The largest absolute Gasteiger partial charge is 0.392 e. The maximum absolute atomic E-state index is 9.52. The summed E-state index contributed by atoms with van der Waals surface area (Å²) < 4.78 is 0. The van der Waals surface area contributed by atoms with Crippen LogP contribution in [-0.2, 0) is 0 Å². The molecule has 2 nitrogen and oxygen atoms in total. The molecule has 1 N–H and O–H groups in total. The van der Waals surface area contributed by atoms with Crippen LogP contribution in [0.5, 0.6) is 0 Å². The fourth-order valence-corrected chi connectivity index (χ4v) is 3.91. The van der Waals surface area contributed by atoms with E-state index in [-0.39, 0.29) is 6.10 Å². The van der Waals surface area contributed by atoms with E-state index in [1.54, 1.807) is 0 Å². The number of aliphatic hydroxyl groups excluding tert-OH is 1. The minimum Gasteiger partial charge on any atom is -0.392 e. The van der Waals surface area contributed by atoms with Crippen LogP contribution < -0.4 is 0 Å². The van der Waals surface area contributed by atoms with E-state index in [2.05, 4.69) is 29.2 Å². The van der Waals surface area contributed by atoms with Gasteiger partial charge in [0.1, 0.15) is 0 Å². The Balaban J connectivity index is 1.69. The van der Waals surface area contributed by atoms with Crippen LogP contribution in [0.15, 0.2) is 29.2 Å². The van der Waals surface area contributed by atoms with Crippen molar-refractivity contribution in [3.63, 3.8) is 0 Å². The quantitative estimate of drug-likeness (QED) is 0.847. The lowest BCUT2D eigenvalue weighted by Gasteiger charge is -2.20. The van der Waals surface area contributed by atoms with E-state index >= 15 is 0 Å². The third-order valence-electron chi connectivity index (χ3n) is 3.52. The van der Waals surface area contributed by atoms with Gasteiger partial charge in [-0.15, -0.1) is 11.8 Å². The number of fused-ring (bicyclic) bond motifs is 1. The van der Waals surface area contributed by atoms with Crippen LogP contribution in [0.1, 0.15) is 17.9 Å². The third kappa shape index (κ3) is 1.99. The van der Waals surface area contributed by atoms with E-state index in [9.17, 15) is 5.11 Å². The molecule has 16 heavy (non-hydrogen) atoms. The second kappa shape index (κ2) is 4.40. The molecule has 1 aromatic rings. The van der Waals surface area contributed by atoms with E-state index in [0.717, 1.165) is 26.1 Å². The normalized spacial score (nSPS) is 29.6. The third-order valence-corrected chi connectivity index (χ3v) is 4.78. The second-order valence-electron chi connectivity index (χ2n) is 4.75. The first-order valence-corrected chi connectivity index (χ1v) is 6.93. The maximum Gasteiger partial charge on any atom is 0.0679 e. The van der Waals surface area contributed by atoms with Crippen molar-refractivity contribution >= 4 is 11.8 Å². The van der Waals surface area contributed by atoms with E-state index in [4.69, 9.17) is 0 Å². The summed E-state index contributed by atoms with van der Waals surface area (Å²) in [6.07, 6.45) is 0.853. The molecule has 0 saturated carbocycles. The molecule has 3 heteroatoms. The first kappa shape index (κ1) is 10.6. The van der Waals surface area contributed by atoms with E-state index < -0.39 is 0 Å². The van der Waals surface area contributed by atoms with Gasteiger partial charge in [-0.25, -0.2) is 0 Å². The highest BCUT2D eigenvalue weighted by molar-refractivity contribution is 7.99. The number of β-amino-alcohol motifs (C(OH)–C–C–N with tert-alkyl or cyclic N) is 1. The standard InChI is InChI=1S/C13H17NOS/c15-11-5-6-14(8-11)7-10-9-16-13-4-2-1-3-12(10)13/h1-4,10-11,15H,5-9H2. The van der Waals surface area contributed by atoms with Crippen LogP contribution >= 0.6 is 11.8 Å². The fourth-order valence-electron chi connectivity index (χ4n) is 2.67. The minimum atomic E-state index is -0.0932. The van der Waals surface area contributed by atoms with Crippen molar-refractivity contribution < 1.29 is 5.11 Å². The lowest BCUT2D eigenvalue weighted by Crippen LogP contribution is -2.27. The Labute approximate surface area is 101 Å². The first-order chi connectivity index (χ1) is 7.83. The zero-order valence-corrected chi connectivity index (χ0v) is 10.1. The number of hydrogen-bond donors (Lipinski definition) is 1. The SMILES string of the molecule is OC1CCN(CC2CSc3ccccc32)C1. The summed E-state index contributed by atoms with van der Waals surface area (Å²) in [7, 11) is 0. The van der Waals surface area contributed by atoms with E-state index in [0.29, 0.717) is 5.92 Å². The number of nitrogens with zero attached hydrogens (tertiary/aromatic N) is 1. The highest BCUT2D eigenvalue weighted by Crippen LogP contribution is 2.39. The number of thioether (sulfide) groups is 1. The molecule has 1 aromatic carbocycles. The predicted molar refractivity (Wildman–Crippen MR) is 67.0 cm³/mol. The number of likely N-dealkylation sites (tertiary alicyclic amines) is 1. The van der Waals surface area contributed by atoms with Gasteiger partial charge in [-0.05, 0) is 18.1 Å². The predicted octanol–water partition coefficient (Wildman–Crippen LogP) is 1.94. The van der Waals surface area contributed by atoms with Crippen molar-refractivity contribution in [1.82, 2.24) is 4.90 Å². The van der Waals surface area contributed by atoms with Gasteiger partial charge in [-0.2, -0.15) is 0 Å². The Kier molecular flexibility index (Phi) is 2.92. The molecule has 0 aliphatic carbocycles. The van der Waals surface area contributed by atoms with Crippen molar-refractivity contribution in [3.05, 3.63) is 29.8 Å². The molecule has 0 bridgehead atoms. The monoisotopic (exact) mass is 235 g/mol. The zero-order chi connectivity index (χ0) is 11.0. The van der Waals surface area contributed by atoms with Gasteiger partial charge in [0.15, 0.2) is 0 Å². The Morgan fingerprint density at radius 1 is 1.38 bits per heavy atom. The topological polar surface area (TPSA) is 23.5 Å². The smallest absolute Gasteiger partial charge is 0.0679 e. The Morgan fingerprint density at radius 3 is 3.06 bits per heavy atom. The van der Waals surface area contributed by atoms with Crippen LogP contribution in [0.3, 0.4) is 0 Å². The molecule has 2 heterocycles. The molecule has 2 aliphatic rings. The summed E-state index contributed by atoms with van der Waals surface area (Å²) in [5.41, 5.74) is 1.51. The van der Waals surface area contributed by atoms with Gasteiger partial charge in [-0.3, -0.25) is 0 Å². The summed E-state index contributed by atoms with van der Waals surface area (Å²) in [6.45, 7) is 3.04. The molecule has 0 aromatic heterocycles. The molecule has 86 valence electrons. The van der Waals surface area contributed by atoms with Crippen LogP contribution in [0, 0.1) is 0 Å². The molecular weight excluding hydrogens is 218 g/mol. The Morgan fingerprint density at radius 2 is 2.25 bits per heavy atom. The fraction of sp³-hybridized carbons (Fsp3) is 0.538. The average Bonchev–Trinajstić information content (AvgIpc) is 2.87. The highest BCUT2D eigenvalue weighted by Gasteiger charge is 2.27.